The number of nitrogens with zero attached hydrogens (tertiary/aromatic N) is 1. The van der Waals surface area contributed by atoms with Crippen molar-refractivity contribution in [3.63, 3.8) is 0 Å². The van der Waals surface area contributed by atoms with E-state index < -0.39 is 41.5 Å². The van der Waals surface area contributed by atoms with Gasteiger partial charge in [0.25, 0.3) is 0 Å². The van der Waals surface area contributed by atoms with Crippen LogP contribution in [0.3, 0.4) is 0 Å². The number of nitrogens with one attached hydrogen (secondary N) is 2. The van der Waals surface area contributed by atoms with Crippen molar-refractivity contribution in [2.75, 3.05) is 19.0 Å². The van der Waals surface area contributed by atoms with Crippen LogP contribution in [-0.2, 0) is 19.1 Å². The standard InChI is InChI=1S/C24H31BrClN3O5/c1-5-11(2)15(10-30)29-20(22(32)28-18-12(3)7-6-8-14(18)26)24-9-13(25)19(34-24)16(21(31)27-4)17(24)23(29)33/h6-8,11,13,15-17,19-20,30H,5,9-10H2,1-4H3,(H,27,31)(H,28,32)/t11-,13?,15-,16+,17-,19+,20?,24?/m0/s1. The van der Waals surface area contributed by atoms with Gasteiger partial charge in [0.1, 0.15) is 11.6 Å². The van der Waals surface area contributed by atoms with Crippen molar-refractivity contribution in [3.05, 3.63) is 28.8 Å². The Morgan fingerprint density at radius 2 is 2.09 bits per heavy atom. The van der Waals surface area contributed by atoms with Crippen LogP contribution in [0, 0.1) is 24.7 Å². The number of aliphatic hydroxyl groups excluding tert-OH is 1. The lowest BCUT2D eigenvalue weighted by Crippen LogP contribution is -2.57. The first kappa shape index (κ1) is 25.4. The number of carbonyl (C=O) groups is 3. The van der Waals surface area contributed by atoms with Gasteiger partial charge in [-0.15, -0.1) is 0 Å². The summed E-state index contributed by atoms with van der Waals surface area (Å²) in [6.07, 6.45) is 0.578. The van der Waals surface area contributed by atoms with Crippen LogP contribution >= 0.6 is 27.5 Å². The van der Waals surface area contributed by atoms with Crippen molar-refractivity contribution in [1.29, 1.82) is 0 Å². The van der Waals surface area contributed by atoms with Crippen LogP contribution in [0.25, 0.3) is 0 Å². The zero-order valence-corrected chi connectivity index (χ0v) is 22.0. The summed E-state index contributed by atoms with van der Waals surface area (Å²) in [6.45, 7) is 5.45. The molecular weight excluding hydrogens is 526 g/mol. The van der Waals surface area contributed by atoms with Crippen LogP contribution < -0.4 is 10.6 Å². The molecule has 3 fully saturated rings. The second kappa shape index (κ2) is 9.41. The number of benzene rings is 1. The van der Waals surface area contributed by atoms with Gasteiger partial charge in [0.15, 0.2) is 0 Å². The number of aliphatic hydroxyl groups is 1. The third-order valence-corrected chi connectivity index (χ3v) is 9.00. The molecule has 10 heteroatoms. The van der Waals surface area contributed by atoms with Gasteiger partial charge in [-0.05, 0) is 30.9 Å². The number of halogens is 2. The highest BCUT2D eigenvalue weighted by Gasteiger charge is 2.77. The molecule has 186 valence electrons. The minimum atomic E-state index is -1.19. The van der Waals surface area contributed by atoms with Gasteiger partial charge in [-0.25, -0.2) is 0 Å². The Labute approximate surface area is 212 Å². The lowest BCUT2D eigenvalue weighted by molar-refractivity contribution is -0.145. The van der Waals surface area contributed by atoms with Crippen LogP contribution in [0.1, 0.15) is 32.3 Å². The number of likely N-dealkylation sites (tertiary alicyclic amines) is 1. The molecule has 3 heterocycles. The van der Waals surface area contributed by atoms with E-state index in [4.69, 9.17) is 16.3 Å². The molecule has 8 atom stereocenters. The molecule has 3 aliphatic heterocycles. The molecule has 0 aromatic heterocycles. The van der Waals surface area contributed by atoms with Crippen molar-refractivity contribution >= 4 is 50.9 Å². The van der Waals surface area contributed by atoms with E-state index >= 15 is 0 Å². The number of carbonyl (C=O) groups excluding carboxylic acids is 3. The van der Waals surface area contributed by atoms with Gasteiger partial charge in [0, 0.05) is 11.9 Å². The Morgan fingerprint density at radius 3 is 2.68 bits per heavy atom. The summed E-state index contributed by atoms with van der Waals surface area (Å²) in [5.74, 6) is -2.67. The molecule has 34 heavy (non-hydrogen) atoms. The van der Waals surface area contributed by atoms with Crippen LogP contribution in [0.5, 0.6) is 0 Å². The van der Waals surface area contributed by atoms with E-state index in [1.165, 1.54) is 11.9 Å². The average molecular weight is 557 g/mol. The Morgan fingerprint density at radius 1 is 1.38 bits per heavy atom. The fourth-order valence-corrected chi connectivity index (χ4v) is 7.20. The first-order valence-electron chi connectivity index (χ1n) is 11.6. The third kappa shape index (κ3) is 3.67. The summed E-state index contributed by atoms with van der Waals surface area (Å²) < 4.78 is 6.43. The van der Waals surface area contributed by atoms with Crippen molar-refractivity contribution in [2.24, 2.45) is 17.8 Å². The van der Waals surface area contributed by atoms with Gasteiger partial charge >= 0.3 is 0 Å². The molecule has 1 spiro atoms. The van der Waals surface area contributed by atoms with E-state index in [0.717, 1.165) is 5.56 Å². The summed E-state index contributed by atoms with van der Waals surface area (Å²) in [5, 5.41) is 16.3. The largest absolute Gasteiger partial charge is 0.394 e. The van der Waals surface area contributed by atoms with Crippen molar-refractivity contribution < 1.29 is 24.2 Å². The minimum absolute atomic E-state index is 0.0723. The fourth-order valence-electron chi connectivity index (χ4n) is 5.99. The molecule has 1 aromatic carbocycles. The first-order chi connectivity index (χ1) is 16.1. The number of alkyl halides is 1. The van der Waals surface area contributed by atoms with Crippen molar-refractivity contribution in [2.45, 2.75) is 62.2 Å². The number of rotatable bonds is 7. The molecule has 2 bridgehead atoms. The quantitative estimate of drug-likeness (QED) is 0.447. The second-order valence-corrected chi connectivity index (χ2v) is 11.2. The molecule has 0 saturated carbocycles. The fraction of sp³-hybridized carbons (Fsp3) is 0.625. The number of para-hydroxylation sites is 1. The maximum Gasteiger partial charge on any atom is 0.250 e. The van der Waals surface area contributed by atoms with Crippen LogP contribution in [0.2, 0.25) is 5.02 Å². The number of anilines is 1. The Kier molecular flexibility index (Phi) is 7.03. The normalized spacial score (nSPS) is 33.6. The highest BCUT2D eigenvalue weighted by atomic mass is 79.9. The van der Waals surface area contributed by atoms with Crippen molar-refractivity contribution in [1.82, 2.24) is 10.2 Å². The number of hydrogen-bond acceptors (Lipinski definition) is 5. The first-order valence-corrected chi connectivity index (χ1v) is 12.9. The number of aryl methyl sites for hydroxylation is 1. The van der Waals surface area contributed by atoms with Gasteiger partial charge in [0.05, 0.1) is 41.3 Å². The summed E-state index contributed by atoms with van der Waals surface area (Å²) in [7, 11) is 1.53. The highest BCUT2D eigenvalue weighted by molar-refractivity contribution is 9.09. The van der Waals surface area contributed by atoms with E-state index in [-0.39, 0.29) is 29.2 Å². The van der Waals surface area contributed by atoms with Gasteiger partial charge in [-0.2, -0.15) is 0 Å². The molecule has 4 rings (SSSR count). The maximum absolute atomic E-state index is 14.0. The molecule has 3 unspecified atom stereocenters. The molecule has 0 aliphatic carbocycles. The zero-order valence-electron chi connectivity index (χ0n) is 19.7. The molecule has 3 aliphatic rings. The van der Waals surface area contributed by atoms with E-state index in [1.807, 2.05) is 26.8 Å². The topological polar surface area (TPSA) is 108 Å². The van der Waals surface area contributed by atoms with E-state index in [2.05, 4.69) is 26.6 Å². The number of ether oxygens (including phenoxy) is 1. The molecular formula is C24H31BrClN3O5. The Balaban J connectivity index is 1.82. The van der Waals surface area contributed by atoms with Crippen LogP contribution in [-0.4, -0.2) is 70.0 Å². The molecule has 0 radical (unpaired) electrons. The smallest absolute Gasteiger partial charge is 0.250 e. The lowest BCUT2D eigenvalue weighted by Gasteiger charge is -2.39. The summed E-state index contributed by atoms with van der Waals surface area (Å²) in [4.78, 5) is 42.1. The minimum Gasteiger partial charge on any atom is -0.394 e. The molecule has 3 N–H and O–H groups in total. The monoisotopic (exact) mass is 555 g/mol. The lowest BCUT2D eigenvalue weighted by atomic mass is 9.70. The van der Waals surface area contributed by atoms with Crippen LogP contribution in [0.4, 0.5) is 5.69 Å². The Bertz CT molecular complexity index is 989. The summed E-state index contributed by atoms with van der Waals surface area (Å²) in [6, 6.07) is 3.70. The zero-order chi connectivity index (χ0) is 24.9. The van der Waals surface area contributed by atoms with E-state index in [9.17, 15) is 19.5 Å². The van der Waals surface area contributed by atoms with Crippen LogP contribution in [0.15, 0.2) is 18.2 Å². The predicted molar refractivity (Wildman–Crippen MR) is 132 cm³/mol. The third-order valence-electron chi connectivity index (χ3n) is 7.84. The SMILES string of the molecule is CC[C@H](C)[C@H](CO)N1C(=O)[C@@H]2[C@@H](C(=O)NC)[C@@H]3OC2(CC3Br)C1C(=O)Nc1c(C)cccc1Cl. The second-order valence-electron chi connectivity index (χ2n) is 9.58. The predicted octanol–water partition coefficient (Wildman–Crippen LogP) is 2.49. The van der Waals surface area contributed by atoms with Gasteiger partial charge in [-0.3, -0.25) is 14.4 Å². The molecule has 8 nitrogen and oxygen atoms in total. The van der Waals surface area contributed by atoms with Gasteiger partial charge in [-0.1, -0.05) is 59.9 Å². The number of fused-ring (bicyclic) bond motifs is 1. The Hall–Kier alpha value is -1.68. The van der Waals surface area contributed by atoms with Crippen molar-refractivity contribution in [3.8, 4) is 0 Å². The molecule has 1 aromatic rings. The molecule has 3 saturated heterocycles. The van der Waals surface area contributed by atoms with Gasteiger partial charge in [0.2, 0.25) is 17.7 Å². The van der Waals surface area contributed by atoms with E-state index in [1.54, 1.807) is 12.1 Å². The summed E-state index contributed by atoms with van der Waals surface area (Å²) in [5.41, 5.74) is 0.0636. The number of amides is 3. The number of hydrogen-bond donors (Lipinski definition) is 3. The van der Waals surface area contributed by atoms with Gasteiger partial charge < -0.3 is 25.4 Å². The molecule has 3 amide bonds. The van der Waals surface area contributed by atoms with E-state index in [0.29, 0.717) is 23.6 Å². The highest BCUT2D eigenvalue weighted by Crippen LogP contribution is 2.60. The maximum atomic E-state index is 14.0. The summed E-state index contributed by atoms with van der Waals surface area (Å²) >= 11 is 10.0. The average Bonchev–Trinajstić information content (AvgIpc) is 3.40.